The first kappa shape index (κ1) is 22.3. The maximum atomic E-state index is 13.6. The van der Waals surface area contributed by atoms with Gasteiger partial charge in [0.1, 0.15) is 34.7 Å². The van der Waals surface area contributed by atoms with Crippen molar-refractivity contribution in [1.29, 1.82) is 0 Å². The van der Waals surface area contributed by atoms with Crippen LogP contribution in [-0.2, 0) is 0 Å². The first-order chi connectivity index (χ1) is 15.2. The number of aliphatic hydroxyl groups is 1. The summed E-state index contributed by atoms with van der Waals surface area (Å²) in [6, 6.07) is 9.74. The fourth-order valence-electron chi connectivity index (χ4n) is 4.44. The van der Waals surface area contributed by atoms with Crippen molar-refractivity contribution in [2.75, 3.05) is 13.1 Å². The number of halogens is 2. The van der Waals surface area contributed by atoms with E-state index in [-0.39, 0.29) is 29.9 Å². The zero-order chi connectivity index (χ0) is 23.0. The second-order valence-corrected chi connectivity index (χ2v) is 8.96. The van der Waals surface area contributed by atoms with Crippen LogP contribution in [0.15, 0.2) is 46.9 Å². The van der Waals surface area contributed by atoms with Crippen LogP contribution in [0.4, 0.5) is 8.78 Å². The Labute approximate surface area is 185 Å². The Morgan fingerprint density at radius 1 is 1.22 bits per heavy atom. The number of benzene rings is 2. The highest BCUT2D eigenvalue weighted by atomic mass is 19.1. The lowest BCUT2D eigenvalue weighted by molar-refractivity contribution is -0.111. The first-order valence-electron chi connectivity index (χ1n) is 10.8. The number of aryl methyl sites for hydroxylation is 1. The summed E-state index contributed by atoms with van der Waals surface area (Å²) in [4.78, 5) is 14.9. The number of rotatable bonds is 5. The number of hydrogen-bond acceptors (Lipinski definition) is 4. The van der Waals surface area contributed by atoms with Crippen LogP contribution in [0.2, 0.25) is 0 Å². The zero-order valence-corrected chi connectivity index (χ0v) is 18.4. The van der Waals surface area contributed by atoms with Crippen LogP contribution >= 0.6 is 0 Å². The smallest absolute Gasteiger partial charge is 0.290 e. The molecular weight excluding hydrogens is 416 g/mol. The van der Waals surface area contributed by atoms with Crippen LogP contribution in [0.25, 0.3) is 11.0 Å². The van der Waals surface area contributed by atoms with Crippen molar-refractivity contribution in [3.8, 4) is 5.75 Å². The molecule has 0 bridgehead atoms. The van der Waals surface area contributed by atoms with Crippen LogP contribution in [0, 0.1) is 24.5 Å². The van der Waals surface area contributed by atoms with Gasteiger partial charge in [-0.3, -0.25) is 4.79 Å². The van der Waals surface area contributed by atoms with E-state index in [1.54, 1.807) is 11.8 Å². The van der Waals surface area contributed by atoms with E-state index in [1.807, 2.05) is 13.8 Å². The summed E-state index contributed by atoms with van der Waals surface area (Å²) in [6.07, 6.45) is 0.135. The molecule has 1 N–H and O–H groups in total. The van der Waals surface area contributed by atoms with Crippen LogP contribution < -0.4 is 4.74 Å². The first-order valence-corrected chi connectivity index (χ1v) is 10.8. The van der Waals surface area contributed by atoms with Gasteiger partial charge in [0.25, 0.3) is 5.91 Å². The molecule has 1 aromatic heterocycles. The van der Waals surface area contributed by atoms with Gasteiger partial charge in [0, 0.05) is 17.5 Å². The summed E-state index contributed by atoms with van der Waals surface area (Å²) in [5, 5.41) is 11.9. The van der Waals surface area contributed by atoms with E-state index in [1.165, 1.54) is 42.5 Å². The lowest BCUT2D eigenvalue weighted by Gasteiger charge is -2.44. The molecule has 1 saturated heterocycles. The van der Waals surface area contributed by atoms with Gasteiger partial charge in [-0.1, -0.05) is 13.8 Å². The number of ether oxygens (including phenoxy) is 1. The molecule has 170 valence electrons. The summed E-state index contributed by atoms with van der Waals surface area (Å²) < 4.78 is 38.8. The molecule has 3 aromatic rings. The summed E-state index contributed by atoms with van der Waals surface area (Å²) in [7, 11) is 0. The standard InChI is InChI=1S/C25H27F2NO4/c1-15(2)13-25(30)10-11-28(14-22(25)31-19-7-4-17(26)5-8-19)24(29)23-16(3)20-12-18(27)6-9-21(20)32-23/h4-9,12,15,22,30H,10-11,13-14H2,1-3H3/t22-,25+/m0/s1. The van der Waals surface area contributed by atoms with Gasteiger partial charge in [0.05, 0.1) is 6.54 Å². The number of carbonyl (C=O) groups is 1. The molecule has 0 radical (unpaired) electrons. The van der Waals surface area contributed by atoms with Gasteiger partial charge in [-0.05, 0) is 68.1 Å². The molecule has 0 unspecified atom stereocenters. The molecule has 0 aliphatic carbocycles. The largest absolute Gasteiger partial charge is 0.486 e. The van der Waals surface area contributed by atoms with E-state index < -0.39 is 17.5 Å². The molecule has 1 aliphatic heterocycles. The van der Waals surface area contributed by atoms with Gasteiger partial charge in [0.15, 0.2) is 5.76 Å². The lowest BCUT2D eigenvalue weighted by Crippen LogP contribution is -2.59. The van der Waals surface area contributed by atoms with E-state index in [9.17, 15) is 18.7 Å². The van der Waals surface area contributed by atoms with Crippen molar-refractivity contribution in [3.05, 3.63) is 65.4 Å². The molecule has 7 heteroatoms. The highest BCUT2D eigenvalue weighted by molar-refractivity contribution is 5.99. The minimum Gasteiger partial charge on any atom is -0.486 e. The van der Waals surface area contributed by atoms with Crippen molar-refractivity contribution >= 4 is 16.9 Å². The van der Waals surface area contributed by atoms with Crippen molar-refractivity contribution in [1.82, 2.24) is 4.90 Å². The molecule has 1 amide bonds. The second-order valence-electron chi connectivity index (χ2n) is 8.96. The number of fused-ring (bicyclic) bond motifs is 1. The number of carbonyl (C=O) groups excluding carboxylic acids is 1. The molecule has 1 aliphatic rings. The third-order valence-corrected chi connectivity index (χ3v) is 6.03. The van der Waals surface area contributed by atoms with E-state index in [2.05, 4.69) is 0 Å². The number of hydrogen-bond donors (Lipinski definition) is 1. The van der Waals surface area contributed by atoms with Gasteiger partial charge >= 0.3 is 0 Å². The number of furan rings is 1. The Kier molecular flexibility index (Phi) is 5.95. The molecular formula is C25H27F2NO4. The van der Waals surface area contributed by atoms with Crippen molar-refractivity contribution in [2.45, 2.75) is 45.3 Å². The van der Waals surface area contributed by atoms with Gasteiger partial charge in [-0.2, -0.15) is 0 Å². The van der Waals surface area contributed by atoms with E-state index in [4.69, 9.17) is 9.15 Å². The summed E-state index contributed by atoms with van der Waals surface area (Å²) in [5.41, 5.74) is -0.117. The number of amides is 1. The topological polar surface area (TPSA) is 62.9 Å². The molecule has 0 spiro atoms. The molecule has 2 aromatic carbocycles. The van der Waals surface area contributed by atoms with Crippen LogP contribution in [0.3, 0.4) is 0 Å². The third-order valence-electron chi connectivity index (χ3n) is 6.03. The third kappa shape index (κ3) is 4.35. The Morgan fingerprint density at radius 3 is 2.59 bits per heavy atom. The number of likely N-dealkylation sites (tertiary alicyclic amines) is 1. The Bertz CT molecular complexity index is 1120. The van der Waals surface area contributed by atoms with E-state index in [0.717, 1.165) is 0 Å². The van der Waals surface area contributed by atoms with Crippen LogP contribution in [0.1, 0.15) is 42.8 Å². The number of nitrogens with zero attached hydrogens (tertiary/aromatic N) is 1. The summed E-state index contributed by atoms with van der Waals surface area (Å²) >= 11 is 0. The van der Waals surface area contributed by atoms with E-state index >= 15 is 0 Å². The van der Waals surface area contributed by atoms with Crippen molar-refractivity contribution in [3.63, 3.8) is 0 Å². The second kappa shape index (κ2) is 8.54. The molecule has 32 heavy (non-hydrogen) atoms. The molecule has 0 saturated carbocycles. The summed E-state index contributed by atoms with van der Waals surface area (Å²) in [6.45, 7) is 6.23. The molecule has 2 atom stereocenters. The summed E-state index contributed by atoms with van der Waals surface area (Å²) in [5.74, 6) is -0.326. The zero-order valence-electron chi connectivity index (χ0n) is 18.4. The van der Waals surface area contributed by atoms with E-state index in [0.29, 0.717) is 41.7 Å². The quantitative estimate of drug-likeness (QED) is 0.597. The van der Waals surface area contributed by atoms with Gasteiger partial charge < -0.3 is 19.2 Å². The Morgan fingerprint density at radius 2 is 1.91 bits per heavy atom. The number of piperidine rings is 1. The average Bonchev–Trinajstić information content (AvgIpc) is 3.06. The monoisotopic (exact) mass is 443 g/mol. The normalized spacial score (nSPS) is 21.3. The predicted molar refractivity (Wildman–Crippen MR) is 117 cm³/mol. The lowest BCUT2D eigenvalue weighted by atomic mass is 9.81. The predicted octanol–water partition coefficient (Wildman–Crippen LogP) is 5.09. The minimum absolute atomic E-state index is 0.143. The maximum Gasteiger partial charge on any atom is 0.290 e. The van der Waals surface area contributed by atoms with Crippen LogP contribution in [0.5, 0.6) is 5.75 Å². The fourth-order valence-corrected chi connectivity index (χ4v) is 4.44. The SMILES string of the molecule is Cc1c(C(=O)N2CC[C@@](O)(CC(C)C)[C@@H](Oc3ccc(F)cc3)C2)oc2ccc(F)cc12. The molecule has 5 nitrogen and oxygen atoms in total. The van der Waals surface area contributed by atoms with Gasteiger partial charge in [-0.15, -0.1) is 0 Å². The van der Waals surface area contributed by atoms with Crippen molar-refractivity contribution in [2.24, 2.45) is 5.92 Å². The average molecular weight is 443 g/mol. The highest BCUT2D eigenvalue weighted by Gasteiger charge is 2.45. The maximum absolute atomic E-state index is 13.6. The van der Waals surface area contributed by atoms with Gasteiger partial charge in [-0.25, -0.2) is 8.78 Å². The van der Waals surface area contributed by atoms with Gasteiger partial charge in [0.2, 0.25) is 0 Å². The molecule has 4 rings (SSSR count). The molecule has 2 heterocycles. The van der Waals surface area contributed by atoms with Crippen LogP contribution in [-0.4, -0.2) is 40.7 Å². The van der Waals surface area contributed by atoms with Crippen molar-refractivity contribution < 1.29 is 27.8 Å². The Balaban J connectivity index is 1.61. The fraction of sp³-hybridized carbons (Fsp3) is 0.400. The molecule has 1 fully saturated rings. The minimum atomic E-state index is -1.13. The highest BCUT2D eigenvalue weighted by Crippen LogP contribution is 2.34. The Hall–Kier alpha value is -2.93.